The second-order valence-corrected chi connectivity index (χ2v) is 3.68. The molecule has 2 rings (SSSR count). The van der Waals surface area contributed by atoms with Gasteiger partial charge in [0.05, 0.1) is 0 Å². The summed E-state index contributed by atoms with van der Waals surface area (Å²) in [5.41, 5.74) is 5.85. The van der Waals surface area contributed by atoms with Crippen molar-refractivity contribution in [3.63, 3.8) is 0 Å². The van der Waals surface area contributed by atoms with E-state index in [1.54, 1.807) is 6.07 Å². The van der Waals surface area contributed by atoms with Crippen LogP contribution in [-0.4, -0.2) is 35.2 Å². The van der Waals surface area contributed by atoms with Gasteiger partial charge in [-0.1, -0.05) is 6.07 Å². The van der Waals surface area contributed by atoms with Crippen LogP contribution in [0, 0.1) is 0 Å². The van der Waals surface area contributed by atoms with Crippen molar-refractivity contribution in [3.05, 3.63) is 23.9 Å². The molecule has 0 aromatic carbocycles. The smallest absolute Gasteiger partial charge is 0.354 e. The molecule has 0 spiro atoms. The Hall–Kier alpha value is -1.62. The van der Waals surface area contributed by atoms with Gasteiger partial charge < -0.3 is 15.7 Å². The van der Waals surface area contributed by atoms with Crippen LogP contribution in [0.3, 0.4) is 0 Å². The molecule has 1 aromatic rings. The molecule has 1 aromatic heterocycles. The van der Waals surface area contributed by atoms with E-state index in [0.29, 0.717) is 5.82 Å². The van der Waals surface area contributed by atoms with E-state index in [0.717, 1.165) is 19.5 Å². The van der Waals surface area contributed by atoms with Crippen molar-refractivity contribution in [3.8, 4) is 0 Å². The summed E-state index contributed by atoms with van der Waals surface area (Å²) in [7, 11) is 0. The summed E-state index contributed by atoms with van der Waals surface area (Å²) < 4.78 is 0. The Kier molecular flexibility index (Phi) is 2.55. The average molecular weight is 207 g/mol. The second-order valence-electron chi connectivity index (χ2n) is 3.68. The van der Waals surface area contributed by atoms with Crippen LogP contribution in [0.25, 0.3) is 0 Å². The molecular formula is C10H13N3O2. The number of hydrogen-bond donors (Lipinski definition) is 2. The van der Waals surface area contributed by atoms with Crippen LogP contribution in [0.1, 0.15) is 16.9 Å². The summed E-state index contributed by atoms with van der Waals surface area (Å²) in [4.78, 5) is 16.8. The highest BCUT2D eigenvalue weighted by atomic mass is 16.4. The molecule has 1 aliphatic heterocycles. The van der Waals surface area contributed by atoms with E-state index in [9.17, 15) is 4.79 Å². The first kappa shape index (κ1) is 9.92. The van der Waals surface area contributed by atoms with E-state index in [1.807, 2.05) is 11.0 Å². The molecule has 1 unspecified atom stereocenters. The van der Waals surface area contributed by atoms with Gasteiger partial charge in [-0.25, -0.2) is 9.78 Å². The fourth-order valence-corrected chi connectivity index (χ4v) is 1.71. The Morgan fingerprint density at radius 3 is 3.00 bits per heavy atom. The third-order valence-corrected chi connectivity index (χ3v) is 2.50. The van der Waals surface area contributed by atoms with E-state index in [1.165, 1.54) is 6.07 Å². The Labute approximate surface area is 87.5 Å². The minimum Gasteiger partial charge on any atom is -0.477 e. The normalized spacial score (nSPS) is 20.6. The number of anilines is 1. The van der Waals surface area contributed by atoms with Crippen LogP contribution in [0.15, 0.2) is 18.2 Å². The zero-order valence-electron chi connectivity index (χ0n) is 8.26. The number of hydrogen-bond acceptors (Lipinski definition) is 4. The molecule has 2 heterocycles. The zero-order chi connectivity index (χ0) is 10.8. The molecule has 5 heteroatoms. The Balaban J connectivity index is 2.21. The van der Waals surface area contributed by atoms with Crippen LogP contribution in [0.5, 0.6) is 0 Å². The van der Waals surface area contributed by atoms with Gasteiger partial charge in [-0.2, -0.15) is 0 Å². The summed E-state index contributed by atoms with van der Waals surface area (Å²) in [5.74, 6) is -0.303. The lowest BCUT2D eigenvalue weighted by molar-refractivity contribution is 0.0690. The summed E-state index contributed by atoms with van der Waals surface area (Å²) in [6.07, 6.45) is 0.930. The third kappa shape index (κ3) is 2.07. The highest BCUT2D eigenvalue weighted by Gasteiger charge is 2.20. The van der Waals surface area contributed by atoms with Gasteiger partial charge in [0.25, 0.3) is 0 Å². The number of carbonyl (C=O) groups is 1. The quantitative estimate of drug-likeness (QED) is 0.730. The van der Waals surface area contributed by atoms with Crippen molar-refractivity contribution in [1.29, 1.82) is 0 Å². The van der Waals surface area contributed by atoms with Crippen molar-refractivity contribution in [2.75, 3.05) is 18.0 Å². The second kappa shape index (κ2) is 3.86. The molecule has 1 saturated heterocycles. The van der Waals surface area contributed by atoms with Crippen LogP contribution >= 0.6 is 0 Å². The number of nitrogens with zero attached hydrogens (tertiary/aromatic N) is 2. The van der Waals surface area contributed by atoms with Crippen molar-refractivity contribution >= 4 is 11.8 Å². The molecule has 1 atom stereocenters. The van der Waals surface area contributed by atoms with E-state index >= 15 is 0 Å². The number of carboxylic acid groups (broad SMARTS) is 1. The van der Waals surface area contributed by atoms with E-state index < -0.39 is 5.97 Å². The average Bonchev–Trinajstić information content (AvgIpc) is 2.65. The fourth-order valence-electron chi connectivity index (χ4n) is 1.71. The monoisotopic (exact) mass is 207 g/mol. The molecule has 0 bridgehead atoms. The maximum Gasteiger partial charge on any atom is 0.354 e. The highest BCUT2D eigenvalue weighted by Crippen LogP contribution is 2.17. The minimum atomic E-state index is -1.000. The van der Waals surface area contributed by atoms with Gasteiger partial charge in [0, 0.05) is 19.1 Å². The van der Waals surface area contributed by atoms with E-state index in [2.05, 4.69) is 4.98 Å². The van der Waals surface area contributed by atoms with Crippen LogP contribution in [0.2, 0.25) is 0 Å². The molecule has 5 nitrogen and oxygen atoms in total. The lowest BCUT2D eigenvalue weighted by atomic mass is 10.3. The number of pyridine rings is 1. The first-order chi connectivity index (χ1) is 7.16. The fraction of sp³-hybridized carbons (Fsp3) is 0.400. The third-order valence-electron chi connectivity index (χ3n) is 2.50. The van der Waals surface area contributed by atoms with Gasteiger partial charge in [-0.05, 0) is 18.6 Å². The van der Waals surface area contributed by atoms with Crippen molar-refractivity contribution in [2.45, 2.75) is 12.5 Å². The predicted molar refractivity (Wildman–Crippen MR) is 56.0 cm³/mol. The van der Waals surface area contributed by atoms with Crippen molar-refractivity contribution in [1.82, 2.24) is 4.98 Å². The molecular weight excluding hydrogens is 194 g/mol. The van der Waals surface area contributed by atoms with Crippen LogP contribution in [-0.2, 0) is 0 Å². The molecule has 0 aliphatic carbocycles. The molecule has 1 aliphatic rings. The maximum atomic E-state index is 10.7. The summed E-state index contributed by atoms with van der Waals surface area (Å²) in [5, 5.41) is 8.80. The zero-order valence-corrected chi connectivity index (χ0v) is 8.26. The number of rotatable bonds is 2. The standard InChI is InChI=1S/C10H13N3O2/c11-7-4-5-13(6-7)9-3-1-2-8(12-9)10(14)15/h1-3,7H,4-6,11H2,(H,14,15). The molecule has 0 saturated carbocycles. The molecule has 0 amide bonds. The van der Waals surface area contributed by atoms with Gasteiger partial charge >= 0.3 is 5.97 Å². The highest BCUT2D eigenvalue weighted by molar-refractivity contribution is 5.85. The van der Waals surface area contributed by atoms with Crippen molar-refractivity contribution in [2.24, 2.45) is 5.73 Å². The number of aromatic carboxylic acids is 1. The van der Waals surface area contributed by atoms with Gasteiger partial charge in [-0.15, -0.1) is 0 Å². The van der Waals surface area contributed by atoms with E-state index in [-0.39, 0.29) is 11.7 Å². The molecule has 80 valence electrons. The Morgan fingerprint density at radius 1 is 1.60 bits per heavy atom. The molecule has 15 heavy (non-hydrogen) atoms. The molecule has 1 fully saturated rings. The first-order valence-corrected chi connectivity index (χ1v) is 4.87. The summed E-state index contributed by atoms with van der Waals surface area (Å²) in [6.45, 7) is 1.59. The van der Waals surface area contributed by atoms with Crippen molar-refractivity contribution < 1.29 is 9.90 Å². The Morgan fingerprint density at radius 2 is 2.40 bits per heavy atom. The van der Waals surface area contributed by atoms with Gasteiger partial charge in [0.2, 0.25) is 0 Å². The lowest BCUT2D eigenvalue weighted by Gasteiger charge is -2.16. The first-order valence-electron chi connectivity index (χ1n) is 4.87. The molecule has 0 radical (unpaired) electrons. The Bertz CT molecular complexity index is 381. The topological polar surface area (TPSA) is 79.5 Å². The minimum absolute atomic E-state index is 0.0768. The number of carboxylic acids is 1. The van der Waals surface area contributed by atoms with Crippen LogP contribution in [0.4, 0.5) is 5.82 Å². The number of aromatic nitrogens is 1. The molecule has 3 N–H and O–H groups in total. The summed E-state index contributed by atoms with van der Waals surface area (Å²) >= 11 is 0. The number of nitrogens with two attached hydrogens (primary N) is 1. The van der Waals surface area contributed by atoms with Gasteiger partial charge in [-0.3, -0.25) is 0 Å². The largest absolute Gasteiger partial charge is 0.477 e. The van der Waals surface area contributed by atoms with Crippen LogP contribution < -0.4 is 10.6 Å². The SMILES string of the molecule is NC1CCN(c2cccc(C(=O)O)n2)C1. The summed E-state index contributed by atoms with van der Waals surface area (Å²) in [6, 6.07) is 5.17. The van der Waals surface area contributed by atoms with Gasteiger partial charge in [0.15, 0.2) is 5.69 Å². The predicted octanol–water partition coefficient (Wildman–Crippen LogP) is 0.317. The van der Waals surface area contributed by atoms with Gasteiger partial charge in [0.1, 0.15) is 5.82 Å². The van der Waals surface area contributed by atoms with E-state index in [4.69, 9.17) is 10.8 Å². The maximum absolute atomic E-state index is 10.7. The lowest BCUT2D eigenvalue weighted by Crippen LogP contribution is -2.27.